The van der Waals surface area contributed by atoms with Crippen molar-refractivity contribution < 1.29 is 9.90 Å². The molecule has 0 aliphatic carbocycles. The van der Waals surface area contributed by atoms with Gasteiger partial charge in [-0.15, -0.1) is 0 Å². The molecule has 3 aromatic rings. The second-order valence-electron chi connectivity index (χ2n) is 6.32. The number of amides is 1. The molecule has 0 bridgehead atoms. The lowest BCUT2D eigenvalue weighted by Gasteiger charge is -2.19. The maximum Gasteiger partial charge on any atom is 0.244 e. The fourth-order valence-electron chi connectivity index (χ4n) is 2.74. The Balaban J connectivity index is 1.57. The maximum atomic E-state index is 12.1. The van der Waals surface area contributed by atoms with E-state index in [1.165, 1.54) is 6.08 Å². The fourth-order valence-corrected chi connectivity index (χ4v) is 2.74. The molecule has 2 atom stereocenters. The van der Waals surface area contributed by atoms with Crippen molar-refractivity contribution in [2.24, 2.45) is 0 Å². The summed E-state index contributed by atoms with van der Waals surface area (Å²) < 4.78 is 0. The average molecular weight is 346 g/mol. The molecule has 0 aliphatic rings. The predicted molar refractivity (Wildman–Crippen MR) is 105 cm³/mol. The minimum Gasteiger partial charge on any atom is -0.391 e. The van der Waals surface area contributed by atoms with Crippen molar-refractivity contribution in [1.29, 1.82) is 0 Å². The zero-order chi connectivity index (χ0) is 18.4. The smallest absolute Gasteiger partial charge is 0.244 e. The molecule has 1 aromatic heterocycles. The number of carbonyl (C=O) groups is 1. The standard InChI is InChI=1S/C22H22N2O2/c1-16(21(25)15-17-7-3-2-4-8-17)23-22(26)14-13-19-12-11-18-9-5-6-10-20(18)24-19/h2-14,16,21,25H,15H2,1H3,(H,23,26)/b14-13+. The Labute approximate surface area is 153 Å². The lowest BCUT2D eigenvalue weighted by atomic mass is 10.0. The number of fused-ring (bicyclic) bond motifs is 1. The Bertz CT molecular complexity index is 906. The second-order valence-corrected chi connectivity index (χ2v) is 6.32. The van der Waals surface area contributed by atoms with Gasteiger partial charge in [-0.2, -0.15) is 0 Å². The van der Waals surface area contributed by atoms with Gasteiger partial charge >= 0.3 is 0 Å². The second kappa shape index (κ2) is 8.41. The number of hydrogen-bond donors (Lipinski definition) is 2. The summed E-state index contributed by atoms with van der Waals surface area (Å²) >= 11 is 0. The van der Waals surface area contributed by atoms with Gasteiger partial charge in [-0.3, -0.25) is 4.79 Å². The molecule has 4 heteroatoms. The fraction of sp³-hybridized carbons (Fsp3) is 0.182. The van der Waals surface area contributed by atoms with Gasteiger partial charge < -0.3 is 10.4 Å². The van der Waals surface area contributed by atoms with Crippen LogP contribution in [0.15, 0.2) is 72.8 Å². The molecule has 26 heavy (non-hydrogen) atoms. The summed E-state index contributed by atoms with van der Waals surface area (Å²) in [4.78, 5) is 16.6. The number of rotatable bonds is 6. The van der Waals surface area contributed by atoms with E-state index >= 15 is 0 Å². The maximum absolute atomic E-state index is 12.1. The Kier molecular flexibility index (Phi) is 5.77. The normalized spacial score (nSPS) is 13.6. The van der Waals surface area contributed by atoms with Gasteiger partial charge in [-0.1, -0.05) is 54.6 Å². The molecule has 0 saturated carbocycles. The van der Waals surface area contributed by atoms with E-state index in [0.717, 1.165) is 22.2 Å². The van der Waals surface area contributed by atoms with Crippen LogP contribution in [-0.2, 0) is 11.2 Å². The first-order valence-electron chi connectivity index (χ1n) is 8.68. The third-order valence-corrected chi connectivity index (χ3v) is 4.26. The number of aromatic nitrogens is 1. The molecule has 0 aliphatic heterocycles. The average Bonchev–Trinajstić information content (AvgIpc) is 2.67. The first kappa shape index (κ1) is 17.8. The molecule has 0 radical (unpaired) electrons. The highest BCUT2D eigenvalue weighted by Gasteiger charge is 2.15. The molecule has 2 unspecified atom stereocenters. The van der Waals surface area contributed by atoms with Gasteiger partial charge in [0.05, 0.1) is 23.4 Å². The summed E-state index contributed by atoms with van der Waals surface area (Å²) in [5.74, 6) is -0.250. The van der Waals surface area contributed by atoms with Crippen molar-refractivity contribution in [2.45, 2.75) is 25.5 Å². The number of para-hydroxylation sites is 1. The van der Waals surface area contributed by atoms with Crippen LogP contribution in [0.3, 0.4) is 0 Å². The molecule has 0 saturated heterocycles. The number of nitrogens with one attached hydrogen (secondary N) is 1. The quantitative estimate of drug-likeness (QED) is 0.673. The van der Waals surface area contributed by atoms with Crippen LogP contribution >= 0.6 is 0 Å². The molecular formula is C22H22N2O2. The van der Waals surface area contributed by atoms with Crippen LogP contribution in [0, 0.1) is 0 Å². The summed E-state index contributed by atoms with van der Waals surface area (Å²) in [6.45, 7) is 1.80. The predicted octanol–water partition coefficient (Wildman–Crippen LogP) is 3.36. The largest absolute Gasteiger partial charge is 0.391 e. The summed E-state index contributed by atoms with van der Waals surface area (Å²) in [5.41, 5.74) is 2.65. The van der Waals surface area contributed by atoms with Crippen LogP contribution in [0.25, 0.3) is 17.0 Å². The van der Waals surface area contributed by atoms with E-state index in [0.29, 0.717) is 6.42 Å². The van der Waals surface area contributed by atoms with E-state index in [2.05, 4.69) is 10.3 Å². The van der Waals surface area contributed by atoms with E-state index in [9.17, 15) is 9.90 Å². The van der Waals surface area contributed by atoms with Crippen molar-refractivity contribution in [3.8, 4) is 0 Å². The van der Waals surface area contributed by atoms with Crippen LogP contribution in [0.4, 0.5) is 0 Å². The van der Waals surface area contributed by atoms with Crippen molar-refractivity contribution in [1.82, 2.24) is 10.3 Å². The van der Waals surface area contributed by atoms with E-state index in [4.69, 9.17) is 0 Å². The summed E-state index contributed by atoms with van der Waals surface area (Å²) in [6, 6.07) is 21.1. The Morgan fingerprint density at radius 3 is 2.62 bits per heavy atom. The van der Waals surface area contributed by atoms with E-state index < -0.39 is 6.10 Å². The molecule has 0 fully saturated rings. The monoisotopic (exact) mass is 346 g/mol. The number of aliphatic hydroxyl groups is 1. The van der Waals surface area contributed by atoms with Crippen LogP contribution in [0.1, 0.15) is 18.2 Å². The number of aliphatic hydroxyl groups excluding tert-OH is 1. The van der Waals surface area contributed by atoms with Crippen molar-refractivity contribution in [2.75, 3.05) is 0 Å². The van der Waals surface area contributed by atoms with Gasteiger partial charge in [-0.25, -0.2) is 4.98 Å². The van der Waals surface area contributed by atoms with Gasteiger partial charge in [0.1, 0.15) is 0 Å². The van der Waals surface area contributed by atoms with Crippen LogP contribution in [-0.4, -0.2) is 28.1 Å². The zero-order valence-electron chi connectivity index (χ0n) is 14.7. The number of hydrogen-bond acceptors (Lipinski definition) is 3. The van der Waals surface area contributed by atoms with Gasteiger partial charge in [0, 0.05) is 17.9 Å². The third kappa shape index (κ3) is 4.77. The van der Waals surface area contributed by atoms with Gasteiger partial charge in [0.15, 0.2) is 0 Å². The summed E-state index contributed by atoms with van der Waals surface area (Å²) in [5, 5.41) is 14.1. The molecule has 132 valence electrons. The van der Waals surface area contributed by atoms with E-state index in [1.54, 1.807) is 13.0 Å². The van der Waals surface area contributed by atoms with E-state index in [-0.39, 0.29) is 11.9 Å². The molecule has 2 N–H and O–H groups in total. The molecule has 0 spiro atoms. The van der Waals surface area contributed by atoms with Gasteiger partial charge in [0.25, 0.3) is 0 Å². The molecule has 3 rings (SSSR count). The first-order valence-corrected chi connectivity index (χ1v) is 8.68. The highest BCUT2D eigenvalue weighted by Crippen LogP contribution is 2.12. The van der Waals surface area contributed by atoms with Crippen molar-refractivity contribution in [3.63, 3.8) is 0 Å². The highest BCUT2D eigenvalue weighted by atomic mass is 16.3. The lowest BCUT2D eigenvalue weighted by molar-refractivity contribution is -0.117. The number of nitrogens with zero attached hydrogens (tertiary/aromatic N) is 1. The number of pyridine rings is 1. The Morgan fingerprint density at radius 1 is 1.08 bits per heavy atom. The van der Waals surface area contributed by atoms with Crippen LogP contribution in [0.5, 0.6) is 0 Å². The Hall–Kier alpha value is -2.98. The summed E-state index contributed by atoms with van der Waals surface area (Å²) in [7, 11) is 0. The molecular weight excluding hydrogens is 324 g/mol. The summed E-state index contributed by atoms with van der Waals surface area (Å²) in [6.07, 6.45) is 2.98. The van der Waals surface area contributed by atoms with Gasteiger partial charge in [-0.05, 0) is 30.7 Å². The first-order chi connectivity index (χ1) is 12.6. The topological polar surface area (TPSA) is 62.2 Å². The minimum atomic E-state index is -0.645. The number of carbonyl (C=O) groups excluding carboxylic acids is 1. The van der Waals surface area contributed by atoms with Crippen molar-refractivity contribution >= 4 is 22.9 Å². The molecule has 2 aromatic carbocycles. The van der Waals surface area contributed by atoms with E-state index in [1.807, 2.05) is 66.7 Å². The van der Waals surface area contributed by atoms with Gasteiger partial charge in [0.2, 0.25) is 5.91 Å². The minimum absolute atomic E-state index is 0.250. The zero-order valence-corrected chi connectivity index (χ0v) is 14.7. The molecule has 1 heterocycles. The lowest BCUT2D eigenvalue weighted by Crippen LogP contribution is -2.41. The van der Waals surface area contributed by atoms with Crippen LogP contribution < -0.4 is 5.32 Å². The molecule has 1 amide bonds. The van der Waals surface area contributed by atoms with Crippen LogP contribution in [0.2, 0.25) is 0 Å². The van der Waals surface area contributed by atoms with Crippen molar-refractivity contribution in [3.05, 3.63) is 84.1 Å². The Morgan fingerprint density at radius 2 is 1.81 bits per heavy atom. The number of benzene rings is 2. The molecule has 4 nitrogen and oxygen atoms in total. The third-order valence-electron chi connectivity index (χ3n) is 4.26. The highest BCUT2D eigenvalue weighted by molar-refractivity contribution is 5.92. The SMILES string of the molecule is CC(NC(=O)/C=C/c1ccc2ccccc2n1)C(O)Cc1ccccc1.